The molecule has 1 aliphatic rings. The first-order valence-electron chi connectivity index (χ1n) is 9.14. The molecule has 0 unspecified atom stereocenters. The standard InChI is InChI=1S/C19H25F3N2O2/c20-19(21,22)18-23-24(18)16-13-11-15(12-14-16)9-7-5-3-1-2-4-6-8-10-17(25)26/h11-14H,1-10H2,(H,25,26). The van der Waals surface area contributed by atoms with Crippen LogP contribution in [0.2, 0.25) is 0 Å². The van der Waals surface area contributed by atoms with Crippen LogP contribution in [0.5, 0.6) is 0 Å². The van der Waals surface area contributed by atoms with Gasteiger partial charge in [-0.3, -0.25) is 4.79 Å². The second kappa shape index (κ2) is 9.59. The Balaban J connectivity index is 1.51. The zero-order chi connectivity index (χ0) is 19.0. The highest BCUT2D eigenvalue weighted by Crippen LogP contribution is 2.33. The number of alkyl halides is 3. The van der Waals surface area contributed by atoms with Gasteiger partial charge in [-0.25, -0.2) is 5.01 Å². The number of halogens is 3. The molecule has 1 aromatic rings. The molecule has 1 aliphatic heterocycles. The van der Waals surface area contributed by atoms with Crippen molar-refractivity contribution in [1.29, 1.82) is 0 Å². The minimum Gasteiger partial charge on any atom is -0.481 e. The van der Waals surface area contributed by atoms with Gasteiger partial charge in [-0.15, -0.1) is 5.10 Å². The van der Waals surface area contributed by atoms with E-state index in [1.165, 1.54) is 6.42 Å². The van der Waals surface area contributed by atoms with Crippen LogP contribution in [-0.4, -0.2) is 23.1 Å². The number of amidine groups is 1. The topological polar surface area (TPSA) is 52.7 Å². The SMILES string of the molecule is O=C(O)CCCCCCCCCCc1ccc(N2N=C2C(F)(F)F)cc1. The van der Waals surface area contributed by atoms with Crippen LogP contribution < -0.4 is 5.01 Å². The summed E-state index contributed by atoms with van der Waals surface area (Å²) in [4.78, 5) is 10.4. The lowest BCUT2D eigenvalue weighted by atomic mass is 10.0. The second-order valence-electron chi connectivity index (χ2n) is 6.62. The van der Waals surface area contributed by atoms with Gasteiger partial charge in [0.15, 0.2) is 0 Å². The molecule has 7 heteroatoms. The molecule has 2 rings (SSSR count). The molecule has 0 aliphatic carbocycles. The molecule has 144 valence electrons. The molecule has 0 fully saturated rings. The minimum absolute atomic E-state index is 0.264. The number of carbonyl (C=O) groups is 1. The van der Waals surface area contributed by atoms with Gasteiger partial charge >= 0.3 is 12.1 Å². The highest BCUT2D eigenvalue weighted by Gasteiger charge is 2.49. The molecule has 26 heavy (non-hydrogen) atoms. The Hall–Kier alpha value is -2.05. The van der Waals surface area contributed by atoms with Crippen LogP contribution in [0.4, 0.5) is 18.9 Å². The fourth-order valence-corrected chi connectivity index (χ4v) is 2.90. The van der Waals surface area contributed by atoms with E-state index in [4.69, 9.17) is 5.11 Å². The van der Waals surface area contributed by atoms with Crippen LogP contribution in [0, 0.1) is 0 Å². The number of aryl methyl sites for hydroxylation is 1. The second-order valence-corrected chi connectivity index (χ2v) is 6.62. The number of anilines is 1. The van der Waals surface area contributed by atoms with Gasteiger partial charge in [0.2, 0.25) is 0 Å². The van der Waals surface area contributed by atoms with Gasteiger partial charge in [0.1, 0.15) is 0 Å². The Bertz CT molecular complexity index is 612. The molecule has 0 saturated heterocycles. The van der Waals surface area contributed by atoms with Crippen molar-refractivity contribution in [3.05, 3.63) is 29.8 Å². The number of hydrazone groups is 1. The third-order valence-electron chi connectivity index (χ3n) is 4.40. The lowest BCUT2D eigenvalue weighted by Gasteiger charge is -2.06. The third kappa shape index (κ3) is 7.06. The number of hydrogen-bond donors (Lipinski definition) is 1. The highest BCUT2D eigenvalue weighted by molar-refractivity contribution is 6.11. The van der Waals surface area contributed by atoms with Crippen molar-refractivity contribution in [3.63, 3.8) is 0 Å². The highest BCUT2D eigenvalue weighted by atomic mass is 19.4. The zero-order valence-electron chi connectivity index (χ0n) is 14.8. The largest absolute Gasteiger partial charge is 0.481 e. The summed E-state index contributed by atoms with van der Waals surface area (Å²) in [6.45, 7) is 0. The zero-order valence-corrected chi connectivity index (χ0v) is 14.8. The maximum Gasteiger partial charge on any atom is 0.453 e. The Morgan fingerprint density at radius 3 is 1.96 bits per heavy atom. The van der Waals surface area contributed by atoms with E-state index in [-0.39, 0.29) is 6.42 Å². The average Bonchev–Trinajstić information content (AvgIpc) is 3.38. The molecule has 1 N–H and O–H groups in total. The van der Waals surface area contributed by atoms with E-state index < -0.39 is 18.0 Å². The van der Waals surface area contributed by atoms with Gasteiger partial charge < -0.3 is 5.11 Å². The number of unbranched alkanes of at least 4 members (excludes halogenated alkanes) is 7. The molecule has 4 nitrogen and oxygen atoms in total. The molecule has 1 aromatic carbocycles. The van der Waals surface area contributed by atoms with Crippen molar-refractivity contribution in [1.82, 2.24) is 0 Å². The average molecular weight is 370 g/mol. The fraction of sp³-hybridized carbons (Fsp3) is 0.579. The summed E-state index contributed by atoms with van der Waals surface area (Å²) in [6, 6.07) is 7.07. The number of rotatable bonds is 12. The van der Waals surface area contributed by atoms with Crippen LogP contribution in [0.15, 0.2) is 29.4 Å². The van der Waals surface area contributed by atoms with Crippen LogP contribution in [-0.2, 0) is 11.2 Å². The van der Waals surface area contributed by atoms with Gasteiger partial charge in [-0.2, -0.15) is 13.2 Å². The lowest BCUT2D eigenvalue weighted by molar-refractivity contribution is -0.137. The fourth-order valence-electron chi connectivity index (χ4n) is 2.90. The lowest BCUT2D eigenvalue weighted by Crippen LogP contribution is -2.21. The summed E-state index contributed by atoms with van der Waals surface area (Å²) >= 11 is 0. The molecule has 1 heterocycles. The summed E-state index contributed by atoms with van der Waals surface area (Å²) in [6.07, 6.45) is 5.30. The first kappa shape index (κ1) is 20.3. The summed E-state index contributed by atoms with van der Waals surface area (Å²) in [5, 5.41) is 12.8. The maximum atomic E-state index is 12.4. The Morgan fingerprint density at radius 1 is 0.923 bits per heavy atom. The normalized spacial score (nSPS) is 13.7. The monoisotopic (exact) mass is 370 g/mol. The van der Waals surface area contributed by atoms with Crippen molar-refractivity contribution in [3.8, 4) is 0 Å². The Labute approximate surface area is 151 Å². The van der Waals surface area contributed by atoms with Gasteiger partial charge in [-0.1, -0.05) is 50.7 Å². The van der Waals surface area contributed by atoms with E-state index in [1.807, 2.05) is 12.1 Å². The smallest absolute Gasteiger partial charge is 0.453 e. The summed E-state index contributed by atoms with van der Waals surface area (Å²) in [7, 11) is 0. The van der Waals surface area contributed by atoms with Crippen molar-refractivity contribution in [2.24, 2.45) is 5.10 Å². The third-order valence-corrected chi connectivity index (χ3v) is 4.40. The predicted molar refractivity (Wildman–Crippen MR) is 95.3 cm³/mol. The summed E-state index contributed by atoms with van der Waals surface area (Å²) in [5.74, 6) is -1.56. The van der Waals surface area contributed by atoms with Gasteiger partial charge in [0.25, 0.3) is 5.84 Å². The molecule has 0 amide bonds. The number of carboxylic acids is 1. The van der Waals surface area contributed by atoms with Crippen LogP contribution >= 0.6 is 0 Å². The molecular formula is C19H25F3N2O2. The molecule has 0 bridgehead atoms. The van der Waals surface area contributed by atoms with Gasteiger partial charge in [-0.05, 0) is 37.0 Å². The van der Waals surface area contributed by atoms with E-state index in [0.29, 0.717) is 5.69 Å². The molecule has 0 radical (unpaired) electrons. The van der Waals surface area contributed by atoms with Crippen molar-refractivity contribution in [2.45, 2.75) is 70.4 Å². The van der Waals surface area contributed by atoms with Gasteiger partial charge in [0.05, 0.1) is 5.69 Å². The number of aliphatic carboxylic acids is 1. The van der Waals surface area contributed by atoms with E-state index in [9.17, 15) is 18.0 Å². The molecule has 0 saturated carbocycles. The first-order chi connectivity index (χ1) is 12.4. The maximum absolute atomic E-state index is 12.4. The molecule has 0 spiro atoms. The number of carboxylic acid groups (broad SMARTS) is 1. The number of hydrogen-bond acceptors (Lipinski definition) is 3. The van der Waals surface area contributed by atoms with Crippen molar-refractivity contribution in [2.75, 3.05) is 5.01 Å². The summed E-state index contributed by atoms with van der Waals surface area (Å²) < 4.78 is 37.3. The van der Waals surface area contributed by atoms with Crippen molar-refractivity contribution >= 4 is 17.5 Å². The molecule has 0 aromatic heterocycles. The van der Waals surface area contributed by atoms with Gasteiger partial charge in [0, 0.05) is 6.42 Å². The minimum atomic E-state index is -4.38. The quantitative estimate of drug-likeness (QED) is 0.493. The van der Waals surface area contributed by atoms with Crippen LogP contribution in [0.1, 0.15) is 63.4 Å². The number of benzene rings is 1. The van der Waals surface area contributed by atoms with E-state index >= 15 is 0 Å². The van der Waals surface area contributed by atoms with Crippen molar-refractivity contribution < 1.29 is 23.1 Å². The van der Waals surface area contributed by atoms with E-state index in [1.54, 1.807) is 12.1 Å². The molecular weight excluding hydrogens is 345 g/mol. The Kier molecular flexibility index (Phi) is 7.48. The number of nitrogens with zero attached hydrogens (tertiary/aromatic N) is 2. The van der Waals surface area contributed by atoms with E-state index in [2.05, 4.69) is 5.10 Å². The van der Waals surface area contributed by atoms with Crippen LogP contribution in [0.25, 0.3) is 0 Å². The summed E-state index contributed by atoms with van der Waals surface area (Å²) in [5.41, 5.74) is 1.57. The Morgan fingerprint density at radius 2 is 1.46 bits per heavy atom. The van der Waals surface area contributed by atoms with Crippen LogP contribution in [0.3, 0.4) is 0 Å². The first-order valence-corrected chi connectivity index (χ1v) is 9.14. The predicted octanol–water partition coefficient (Wildman–Crippen LogP) is 5.52. The molecule has 0 atom stereocenters. The van der Waals surface area contributed by atoms with E-state index in [0.717, 1.165) is 61.9 Å².